The number of likely N-dealkylation sites (N-methyl/N-ethyl adjacent to an activating group) is 1. The fourth-order valence-corrected chi connectivity index (χ4v) is 2.86. The van der Waals surface area contributed by atoms with Crippen LogP contribution in [0, 0.1) is 0 Å². The van der Waals surface area contributed by atoms with Crippen LogP contribution in [-0.2, 0) is 14.8 Å². The van der Waals surface area contributed by atoms with Crippen LogP contribution in [0.3, 0.4) is 0 Å². The van der Waals surface area contributed by atoms with Gasteiger partial charge >= 0.3 is 0 Å². The number of morpholine rings is 1. The molecule has 18 heavy (non-hydrogen) atoms. The zero-order valence-electron chi connectivity index (χ0n) is 11.3. The first-order valence-corrected chi connectivity index (χ1v) is 8.24. The summed E-state index contributed by atoms with van der Waals surface area (Å²) in [5.41, 5.74) is 0. The molecule has 0 spiro atoms. The molecule has 6 nitrogen and oxygen atoms in total. The van der Waals surface area contributed by atoms with E-state index in [1.54, 1.807) is 0 Å². The number of ether oxygens (including phenoxy) is 1. The molecule has 0 radical (unpaired) electrons. The van der Waals surface area contributed by atoms with E-state index in [2.05, 4.69) is 21.9 Å². The van der Waals surface area contributed by atoms with Crippen LogP contribution in [0.4, 0.5) is 0 Å². The summed E-state index contributed by atoms with van der Waals surface area (Å²) in [4.78, 5) is 2.26. The molecule has 2 N–H and O–H groups in total. The summed E-state index contributed by atoms with van der Waals surface area (Å²) in [6.07, 6.45) is -0.0346. The summed E-state index contributed by atoms with van der Waals surface area (Å²) in [5.74, 6) is 0.116. The number of nitrogens with one attached hydrogen (secondary N) is 2. The van der Waals surface area contributed by atoms with Gasteiger partial charge in [-0.15, -0.1) is 0 Å². The Morgan fingerprint density at radius 2 is 2.17 bits per heavy atom. The van der Waals surface area contributed by atoms with Gasteiger partial charge in [-0.25, -0.2) is 13.1 Å². The third-order valence-electron chi connectivity index (χ3n) is 3.00. The summed E-state index contributed by atoms with van der Waals surface area (Å²) in [5, 5.41) is 3.00. The molecule has 1 aliphatic rings. The highest BCUT2D eigenvalue weighted by Crippen LogP contribution is 2.04. The van der Waals surface area contributed by atoms with Gasteiger partial charge in [-0.1, -0.05) is 13.8 Å². The standard InChI is InChI=1S/C11H25N3O3S/c1-3-12-5-8-18(15,16)13-9-11-10-14(4-2)6-7-17-11/h11-13H,3-10H2,1-2H3. The van der Waals surface area contributed by atoms with E-state index in [4.69, 9.17) is 4.74 Å². The van der Waals surface area contributed by atoms with Crippen molar-refractivity contribution in [2.24, 2.45) is 0 Å². The minimum Gasteiger partial charge on any atom is -0.374 e. The van der Waals surface area contributed by atoms with Gasteiger partial charge in [-0.05, 0) is 13.1 Å². The summed E-state index contributed by atoms with van der Waals surface area (Å²) < 4.78 is 31.5. The van der Waals surface area contributed by atoms with Gasteiger partial charge in [0.25, 0.3) is 0 Å². The Morgan fingerprint density at radius 3 is 2.83 bits per heavy atom. The molecule has 1 saturated heterocycles. The second-order valence-corrected chi connectivity index (χ2v) is 6.33. The molecule has 0 amide bonds. The second-order valence-electron chi connectivity index (χ2n) is 4.41. The Hall–Kier alpha value is -0.210. The maximum Gasteiger partial charge on any atom is 0.212 e. The largest absolute Gasteiger partial charge is 0.374 e. The molecular weight excluding hydrogens is 254 g/mol. The minimum atomic E-state index is -3.19. The smallest absolute Gasteiger partial charge is 0.212 e. The second kappa shape index (κ2) is 8.06. The van der Waals surface area contributed by atoms with E-state index in [1.807, 2.05) is 6.92 Å². The maximum atomic E-state index is 11.7. The summed E-state index contributed by atoms with van der Waals surface area (Å²) in [6.45, 7) is 9.07. The number of hydrogen-bond donors (Lipinski definition) is 2. The summed E-state index contributed by atoms with van der Waals surface area (Å²) >= 11 is 0. The lowest BCUT2D eigenvalue weighted by Crippen LogP contribution is -2.47. The van der Waals surface area contributed by atoms with Crippen molar-refractivity contribution in [1.29, 1.82) is 0 Å². The molecule has 0 saturated carbocycles. The van der Waals surface area contributed by atoms with Crippen molar-refractivity contribution in [3.8, 4) is 0 Å². The van der Waals surface area contributed by atoms with Gasteiger partial charge < -0.3 is 10.1 Å². The fourth-order valence-electron chi connectivity index (χ4n) is 1.87. The van der Waals surface area contributed by atoms with E-state index in [0.717, 1.165) is 26.2 Å². The molecule has 0 aromatic heterocycles. The Labute approximate surface area is 110 Å². The van der Waals surface area contributed by atoms with Crippen LogP contribution in [0.2, 0.25) is 0 Å². The van der Waals surface area contributed by atoms with Crippen molar-refractivity contribution >= 4 is 10.0 Å². The van der Waals surface area contributed by atoms with Crippen molar-refractivity contribution in [2.75, 3.05) is 51.6 Å². The third-order valence-corrected chi connectivity index (χ3v) is 4.35. The van der Waals surface area contributed by atoms with Crippen LogP contribution in [0.1, 0.15) is 13.8 Å². The highest BCUT2D eigenvalue weighted by Gasteiger charge is 2.21. The highest BCUT2D eigenvalue weighted by atomic mass is 32.2. The molecule has 1 rings (SSSR count). The Balaban J connectivity index is 2.26. The predicted molar refractivity (Wildman–Crippen MR) is 72.2 cm³/mol. The van der Waals surface area contributed by atoms with Gasteiger partial charge in [0, 0.05) is 26.2 Å². The third kappa shape index (κ3) is 6.10. The Bertz CT molecular complexity index is 321. The SMILES string of the molecule is CCNCCS(=O)(=O)NCC1CN(CC)CCO1. The zero-order chi connectivity index (χ0) is 13.4. The van der Waals surface area contributed by atoms with E-state index in [9.17, 15) is 8.42 Å². The molecule has 0 aromatic rings. The summed E-state index contributed by atoms with van der Waals surface area (Å²) in [6, 6.07) is 0. The number of hydrogen-bond acceptors (Lipinski definition) is 5. The lowest BCUT2D eigenvalue weighted by atomic mass is 10.3. The molecule has 7 heteroatoms. The van der Waals surface area contributed by atoms with Crippen molar-refractivity contribution in [2.45, 2.75) is 20.0 Å². The molecule has 0 bridgehead atoms. The van der Waals surface area contributed by atoms with Crippen LogP contribution < -0.4 is 10.0 Å². The average Bonchev–Trinajstić information content (AvgIpc) is 2.37. The van der Waals surface area contributed by atoms with Crippen LogP contribution in [0.5, 0.6) is 0 Å². The van der Waals surface area contributed by atoms with Crippen molar-refractivity contribution in [3.63, 3.8) is 0 Å². The van der Waals surface area contributed by atoms with Crippen molar-refractivity contribution in [1.82, 2.24) is 14.9 Å². The monoisotopic (exact) mass is 279 g/mol. The Morgan fingerprint density at radius 1 is 1.39 bits per heavy atom. The molecule has 108 valence electrons. The molecule has 1 atom stereocenters. The van der Waals surface area contributed by atoms with Crippen LogP contribution in [-0.4, -0.2) is 71.0 Å². The predicted octanol–water partition coefficient (Wildman–Crippen LogP) is -0.764. The minimum absolute atomic E-state index is 0.0346. The number of rotatable bonds is 8. The van der Waals surface area contributed by atoms with Gasteiger partial charge in [0.2, 0.25) is 10.0 Å². The first-order valence-electron chi connectivity index (χ1n) is 6.59. The number of nitrogens with zero attached hydrogens (tertiary/aromatic N) is 1. The van der Waals surface area contributed by atoms with Gasteiger partial charge in [0.05, 0.1) is 18.5 Å². The maximum absolute atomic E-state index is 11.7. The molecule has 1 fully saturated rings. The quantitative estimate of drug-likeness (QED) is 0.571. The number of sulfonamides is 1. The zero-order valence-corrected chi connectivity index (χ0v) is 12.1. The average molecular weight is 279 g/mol. The lowest BCUT2D eigenvalue weighted by molar-refractivity contribution is -0.0229. The topological polar surface area (TPSA) is 70.7 Å². The fraction of sp³-hybridized carbons (Fsp3) is 1.00. The highest BCUT2D eigenvalue weighted by molar-refractivity contribution is 7.89. The van der Waals surface area contributed by atoms with Crippen molar-refractivity contribution in [3.05, 3.63) is 0 Å². The first kappa shape index (κ1) is 15.8. The summed E-state index contributed by atoms with van der Waals surface area (Å²) in [7, 11) is -3.19. The normalized spacial score (nSPS) is 22.2. The van der Waals surface area contributed by atoms with E-state index in [0.29, 0.717) is 19.7 Å². The van der Waals surface area contributed by atoms with E-state index in [1.165, 1.54) is 0 Å². The first-order chi connectivity index (χ1) is 8.57. The van der Waals surface area contributed by atoms with Crippen LogP contribution in [0.25, 0.3) is 0 Å². The van der Waals surface area contributed by atoms with Crippen LogP contribution in [0.15, 0.2) is 0 Å². The molecule has 1 heterocycles. The Kier molecular flexibility index (Phi) is 7.10. The van der Waals surface area contributed by atoms with Gasteiger partial charge in [0.15, 0.2) is 0 Å². The van der Waals surface area contributed by atoms with Gasteiger partial charge in [0.1, 0.15) is 0 Å². The lowest BCUT2D eigenvalue weighted by Gasteiger charge is -2.32. The molecule has 1 unspecified atom stereocenters. The molecule has 1 aliphatic heterocycles. The van der Waals surface area contributed by atoms with E-state index in [-0.39, 0.29) is 11.9 Å². The van der Waals surface area contributed by atoms with E-state index >= 15 is 0 Å². The molecule has 0 aromatic carbocycles. The van der Waals surface area contributed by atoms with Gasteiger partial charge in [-0.2, -0.15) is 0 Å². The molecular formula is C11H25N3O3S. The van der Waals surface area contributed by atoms with Crippen LogP contribution >= 0.6 is 0 Å². The molecule has 0 aliphatic carbocycles. The van der Waals surface area contributed by atoms with E-state index < -0.39 is 10.0 Å². The van der Waals surface area contributed by atoms with Crippen molar-refractivity contribution < 1.29 is 13.2 Å². The van der Waals surface area contributed by atoms with Gasteiger partial charge in [-0.3, -0.25) is 4.90 Å².